The van der Waals surface area contributed by atoms with E-state index in [-0.39, 0.29) is 0 Å². The molecule has 0 N–H and O–H groups in total. The largest absolute Gasteiger partial charge is 0.453 e. The van der Waals surface area contributed by atoms with Crippen LogP contribution in [0.15, 0.2) is 192 Å². The van der Waals surface area contributed by atoms with E-state index in [1.807, 2.05) is 0 Å². The molecule has 0 unspecified atom stereocenters. The molecular formula is C48H31NO. The molecule has 2 nitrogen and oxygen atoms in total. The van der Waals surface area contributed by atoms with Crippen LogP contribution >= 0.6 is 0 Å². The molecule has 10 aromatic rings. The van der Waals surface area contributed by atoms with E-state index in [1.165, 1.54) is 43.4 Å². The van der Waals surface area contributed by atoms with E-state index in [0.717, 1.165) is 50.1 Å². The average molecular weight is 638 g/mol. The first-order chi connectivity index (χ1) is 24.8. The predicted octanol–water partition coefficient (Wildman–Crippen LogP) is 13.8. The Bertz CT molecular complexity index is 2850. The number of para-hydroxylation sites is 2. The lowest BCUT2D eigenvalue weighted by Gasteiger charge is -2.25. The zero-order chi connectivity index (χ0) is 33.0. The number of anilines is 3. The van der Waals surface area contributed by atoms with Crippen LogP contribution in [0.5, 0.6) is 0 Å². The quantitative estimate of drug-likeness (QED) is 0.175. The highest BCUT2D eigenvalue weighted by atomic mass is 16.3. The van der Waals surface area contributed by atoms with Crippen LogP contribution in [0.1, 0.15) is 0 Å². The second kappa shape index (κ2) is 11.5. The Morgan fingerprint density at radius 2 is 0.880 bits per heavy atom. The Balaban J connectivity index is 1.19. The predicted molar refractivity (Wildman–Crippen MR) is 212 cm³/mol. The minimum Gasteiger partial charge on any atom is -0.453 e. The first-order valence-corrected chi connectivity index (χ1v) is 17.1. The van der Waals surface area contributed by atoms with Gasteiger partial charge in [-0.15, -0.1) is 0 Å². The van der Waals surface area contributed by atoms with Gasteiger partial charge in [0.05, 0.1) is 5.69 Å². The maximum atomic E-state index is 7.04. The summed E-state index contributed by atoms with van der Waals surface area (Å²) >= 11 is 0. The van der Waals surface area contributed by atoms with Crippen LogP contribution in [-0.2, 0) is 0 Å². The summed E-state index contributed by atoms with van der Waals surface area (Å²) in [7, 11) is 0. The third-order valence-corrected chi connectivity index (χ3v) is 10.0. The third-order valence-electron chi connectivity index (χ3n) is 10.0. The summed E-state index contributed by atoms with van der Waals surface area (Å²) in [5, 5.41) is 9.69. The van der Waals surface area contributed by atoms with Gasteiger partial charge in [0.15, 0.2) is 5.58 Å². The lowest BCUT2D eigenvalue weighted by Crippen LogP contribution is -2.10. The molecule has 50 heavy (non-hydrogen) atoms. The van der Waals surface area contributed by atoms with Gasteiger partial charge in [0.25, 0.3) is 0 Å². The van der Waals surface area contributed by atoms with Gasteiger partial charge in [-0.3, -0.25) is 0 Å². The zero-order valence-electron chi connectivity index (χ0n) is 27.3. The number of benzene rings is 9. The van der Waals surface area contributed by atoms with Gasteiger partial charge in [0.1, 0.15) is 5.58 Å². The van der Waals surface area contributed by atoms with E-state index in [0.29, 0.717) is 0 Å². The monoisotopic (exact) mass is 637 g/mol. The number of fused-ring (bicyclic) bond motifs is 8. The fourth-order valence-electron chi connectivity index (χ4n) is 7.73. The van der Waals surface area contributed by atoms with Crippen molar-refractivity contribution in [3.8, 4) is 22.3 Å². The van der Waals surface area contributed by atoms with E-state index in [2.05, 4.69) is 193 Å². The summed E-state index contributed by atoms with van der Waals surface area (Å²) in [4.78, 5) is 2.32. The second-order valence-electron chi connectivity index (χ2n) is 12.9. The fourth-order valence-corrected chi connectivity index (χ4v) is 7.73. The lowest BCUT2D eigenvalue weighted by molar-refractivity contribution is 0.670. The molecule has 0 aliphatic carbocycles. The summed E-state index contributed by atoms with van der Waals surface area (Å²) in [6.07, 6.45) is 0. The topological polar surface area (TPSA) is 16.4 Å². The number of nitrogens with zero attached hydrogens (tertiary/aromatic N) is 1. The molecule has 9 aromatic carbocycles. The van der Waals surface area contributed by atoms with Gasteiger partial charge in [-0.1, -0.05) is 146 Å². The summed E-state index contributed by atoms with van der Waals surface area (Å²) in [5.74, 6) is 0. The minimum atomic E-state index is 0.865. The van der Waals surface area contributed by atoms with Gasteiger partial charge in [0.2, 0.25) is 0 Å². The summed E-state index contributed by atoms with van der Waals surface area (Å²) in [6.45, 7) is 0. The third kappa shape index (κ3) is 4.50. The maximum Gasteiger partial charge on any atom is 0.159 e. The molecule has 2 heteroatoms. The molecule has 0 aliphatic heterocycles. The lowest BCUT2D eigenvalue weighted by atomic mass is 9.93. The Morgan fingerprint density at radius 3 is 1.64 bits per heavy atom. The van der Waals surface area contributed by atoms with Crippen molar-refractivity contribution in [2.24, 2.45) is 0 Å². The molecule has 10 rings (SSSR count). The molecule has 0 atom stereocenters. The van der Waals surface area contributed by atoms with E-state index >= 15 is 0 Å². The summed E-state index contributed by atoms with van der Waals surface area (Å²) in [5.41, 5.74) is 9.55. The Morgan fingerprint density at radius 1 is 0.340 bits per heavy atom. The van der Waals surface area contributed by atoms with Crippen molar-refractivity contribution in [1.82, 2.24) is 0 Å². The van der Waals surface area contributed by atoms with Gasteiger partial charge in [0, 0.05) is 27.7 Å². The molecule has 1 heterocycles. The highest BCUT2D eigenvalue weighted by Crippen LogP contribution is 2.46. The number of hydrogen-bond donors (Lipinski definition) is 0. The van der Waals surface area contributed by atoms with Crippen molar-refractivity contribution in [2.45, 2.75) is 0 Å². The van der Waals surface area contributed by atoms with Gasteiger partial charge >= 0.3 is 0 Å². The Labute approximate surface area is 290 Å². The highest BCUT2D eigenvalue weighted by Gasteiger charge is 2.22. The van der Waals surface area contributed by atoms with Gasteiger partial charge in [-0.2, -0.15) is 0 Å². The smallest absolute Gasteiger partial charge is 0.159 e. The van der Waals surface area contributed by atoms with Crippen LogP contribution in [0.4, 0.5) is 17.1 Å². The molecule has 0 fully saturated rings. The molecule has 234 valence electrons. The Kier molecular flexibility index (Phi) is 6.53. The van der Waals surface area contributed by atoms with Crippen LogP contribution in [-0.4, -0.2) is 0 Å². The molecule has 0 saturated heterocycles. The van der Waals surface area contributed by atoms with Crippen LogP contribution in [0.2, 0.25) is 0 Å². The van der Waals surface area contributed by atoms with Crippen LogP contribution in [0, 0.1) is 0 Å². The van der Waals surface area contributed by atoms with Gasteiger partial charge in [-0.25, -0.2) is 0 Å². The fraction of sp³-hybridized carbons (Fsp3) is 0. The van der Waals surface area contributed by atoms with Crippen molar-refractivity contribution in [1.29, 1.82) is 0 Å². The maximum absolute atomic E-state index is 7.04. The van der Waals surface area contributed by atoms with Crippen LogP contribution in [0.25, 0.3) is 76.5 Å². The van der Waals surface area contributed by atoms with Crippen LogP contribution in [0.3, 0.4) is 0 Å². The molecular weight excluding hydrogens is 607 g/mol. The zero-order valence-corrected chi connectivity index (χ0v) is 27.3. The normalized spacial score (nSPS) is 11.6. The molecule has 0 saturated carbocycles. The van der Waals surface area contributed by atoms with E-state index in [9.17, 15) is 0 Å². The van der Waals surface area contributed by atoms with E-state index < -0.39 is 0 Å². The summed E-state index contributed by atoms with van der Waals surface area (Å²) in [6, 6.07) is 67.2. The van der Waals surface area contributed by atoms with Crippen molar-refractivity contribution in [3.05, 3.63) is 188 Å². The van der Waals surface area contributed by atoms with Crippen molar-refractivity contribution >= 4 is 71.3 Å². The number of hydrogen-bond acceptors (Lipinski definition) is 2. The van der Waals surface area contributed by atoms with Crippen LogP contribution < -0.4 is 4.90 Å². The molecule has 0 amide bonds. The average Bonchev–Trinajstić information content (AvgIpc) is 3.59. The number of rotatable bonds is 5. The molecule has 0 radical (unpaired) electrons. The highest BCUT2D eigenvalue weighted by molar-refractivity contribution is 6.24. The standard InChI is InChI=1S/C48H31NO/c1-3-14-32(15-4-1)44-31-35-17-8-10-21-39(35)46-42-24-13-25-45(47(42)50-48(44)46)49(36-18-5-2-6-19-36)37-28-26-33(27-29-37)43-30-34-16-7-9-20-38(34)40-22-11-12-23-41(40)43/h1-31H. The molecule has 0 aliphatic rings. The first kappa shape index (κ1) is 28.4. The SMILES string of the molecule is c1ccc(-c2cc3ccccc3c3c2oc2c(N(c4ccccc4)c4ccc(-c5cc6ccccc6c6ccccc56)cc4)cccc23)cc1. The Hall–Kier alpha value is -6.64. The van der Waals surface area contributed by atoms with Crippen molar-refractivity contribution in [3.63, 3.8) is 0 Å². The van der Waals surface area contributed by atoms with Crippen molar-refractivity contribution in [2.75, 3.05) is 4.90 Å². The van der Waals surface area contributed by atoms with E-state index in [4.69, 9.17) is 4.42 Å². The van der Waals surface area contributed by atoms with Gasteiger partial charge in [-0.05, 0) is 91.5 Å². The second-order valence-corrected chi connectivity index (χ2v) is 12.9. The van der Waals surface area contributed by atoms with Gasteiger partial charge < -0.3 is 9.32 Å². The molecule has 1 aromatic heterocycles. The first-order valence-electron chi connectivity index (χ1n) is 17.1. The molecule has 0 spiro atoms. The van der Waals surface area contributed by atoms with Crippen molar-refractivity contribution < 1.29 is 4.42 Å². The number of furan rings is 1. The van der Waals surface area contributed by atoms with E-state index in [1.54, 1.807) is 0 Å². The summed E-state index contributed by atoms with van der Waals surface area (Å²) < 4.78 is 7.04. The minimum absolute atomic E-state index is 0.865. The molecule has 0 bridgehead atoms.